The van der Waals surface area contributed by atoms with Crippen LogP contribution in [0.3, 0.4) is 0 Å². The molecule has 0 amide bonds. The van der Waals surface area contributed by atoms with E-state index in [0.717, 1.165) is 36.9 Å². The summed E-state index contributed by atoms with van der Waals surface area (Å²) in [5.41, 5.74) is 4.24. The zero-order chi connectivity index (χ0) is 14.0. The topological polar surface area (TPSA) is 12.0 Å². The van der Waals surface area contributed by atoms with Crippen LogP contribution in [0.15, 0.2) is 34.8 Å². The van der Waals surface area contributed by atoms with Gasteiger partial charge in [-0.1, -0.05) is 35.3 Å². The minimum absolute atomic E-state index is 0.664. The van der Waals surface area contributed by atoms with E-state index in [2.05, 4.69) is 27.3 Å². The van der Waals surface area contributed by atoms with E-state index in [9.17, 15) is 0 Å². The second-order valence-electron chi connectivity index (χ2n) is 4.53. The Kier molecular flexibility index (Phi) is 4.77. The Morgan fingerprint density at radius 3 is 2.47 bits per heavy atom. The zero-order valence-electron chi connectivity index (χ0n) is 10.7. The lowest BCUT2D eigenvalue weighted by Crippen LogP contribution is -2.01. The fourth-order valence-corrected chi connectivity index (χ4v) is 2.83. The third-order valence-corrected chi connectivity index (χ3v) is 4.34. The summed E-state index contributed by atoms with van der Waals surface area (Å²) in [6.07, 6.45) is 0. The van der Waals surface area contributed by atoms with Gasteiger partial charge in [-0.25, -0.2) is 0 Å². The molecule has 1 N–H and O–H groups in total. The average Bonchev–Trinajstić information content (AvgIpc) is 2.34. The van der Waals surface area contributed by atoms with Crippen molar-refractivity contribution in [2.24, 2.45) is 0 Å². The van der Waals surface area contributed by atoms with Crippen molar-refractivity contribution in [3.63, 3.8) is 0 Å². The minimum Gasteiger partial charge on any atom is -0.380 e. The molecule has 4 heteroatoms. The molecule has 0 spiro atoms. The number of hydrogen-bond donors (Lipinski definition) is 1. The van der Waals surface area contributed by atoms with Crippen LogP contribution >= 0.6 is 39.1 Å². The van der Waals surface area contributed by atoms with E-state index < -0.39 is 0 Å². The van der Waals surface area contributed by atoms with Crippen molar-refractivity contribution < 1.29 is 0 Å². The first-order chi connectivity index (χ1) is 8.97. The number of nitrogens with one attached hydrogen (secondary N) is 1. The van der Waals surface area contributed by atoms with E-state index in [1.54, 1.807) is 0 Å². The fourth-order valence-electron chi connectivity index (χ4n) is 1.77. The Hall–Kier alpha value is -0.700. The van der Waals surface area contributed by atoms with Gasteiger partial charge in [0, 0.05) is 21.1 Å². The van der Waals surface area contributed by atoms with Crippen LogP contribution in [0.25, 0.3) is 0 Å². The molecule has 100 valence electrons. The summed E-state index contributed by atoms with van der Waals surface area (Å²) in [5.74, 6) is 0. The molecule has 1 nitrogen and oxygen atoms in total. The van der Waals surface area contributed by atoms with Gasteiger partial charge in [0.25, 0.3) is 0 Å². The number of hydrogen-bond acceptors (Lipinski definition) is 1. The highest BCUT2D eigenvalue weighted by molar-refractivity contribution is 9.10. The summed E-state index contributed by atoms with van der Waals surface area (Å²) in [5, 5.41) is 4.87. The standard InChI is InChI=1S/C15H14BrCl2N/c1-9-3-4-11(14(18)5-9)8-19-15-7-13(17)10(2)6-12(15)16/h3-7,19H,8H2,1-2H3. The monoisotopic (exact) mass is 357 g/mol. The lowest BCUT2D eigenvalue weighted by Gasteiger charge is -2.12. The van der Waals surface area contributed by atoms with Gasteiger partial charge in [0.15, 0.2) is 0 Å². The van der Waals surface area contributed by atoms with Crippen LogP contribution in [0.2, 0.25) is 10.0 Å². The molecule has 0 aliphatic rings. The van der Waals surface area contributed by atoms with Crippen LogP contribution < -0.4 is 5.32 Å². The largest absolute Gasteiger partial charge is 0.380 e. The molecule has 0 heterocycles. The second-order valence-corrected chi connectivity index (χ2v) is 6.20. The SMILES string of the molecule is Cc1ccc(CNc2cc(Cl)c(C)cc2Br)c(Cl)c1. The Labute approximate surface area is 132 Å². The summed E-state index contributed by atoms with van der Waals surface area (Å²) in [7, 11) is 0. The van der Waals surface area contributed by atoms with Gasteiger partial charge in [-0.05, 0) is 64.7 Å². The van der Waals surface area contributed by atoms with Gasteiger partial charge < -0.3 is 5.32 Å². The van der Waals surface area contributed by atoms with Crippen LogP contribution in [-0.4, -0.2) is 0 Å². The number of anilines is 1. The lowest BCUT2D eigenvalue weighted by atomic mass is 10.1. The fraction of sp³-hybridized carbons (Fsp3) is 0.200. The van der Waals surface area contributed by atoms with Crippen molar-refractivity contribution in [3.05, 3.63) is 61.5 Å². The van der Waals surface area contributed by atoms with E-state index in [4.69, 9.17) is 23.2 Å². The van der Waals surface area contributed by atoms with Crippen LogP contribution in [0.5, 0.6) is 0 Å². The Morgan fingerprint density at radius 2 is 1.79 bits per heavy atom. The minimum atomic E-state index is 0.664. The molecule has 2 aromatic carbocycles. The molecule has 0 bridgehead atoms. The van der Waals surface area contributed by atoms with Crippen molar-refractivity contribution in [1.29, 1.82) is 0 Å². The summed E-state index contributed by atoms with van der Waals surface area (Å²) in [6, 6.07) is 9.98. The van der Waals surface area contributed by atoms with Crippen molar-refractivity contribution in [2.75, 3.05) is 5.32 Å². The summed E-state index contributed by atoms with van der Waals surface area (Å²) < 4.78 is 0.998. The quantitative estimate of drug-likeness (QED) is 0.710. The molecule has 0 aromatic heterocycles. The van der Waals surface area contributed by atoms with Crippen LogP contribution in [0.1, 0.15) is 16.7 Å². The number of halogens is 3. The van der Waals surface area contributed by atoms with E-state index in [-0.39, 0.29) is 0 Å². The van der Waals surface area contributed by atoms with Crippen LogP contribution in [0.4, 0.5) is 5.69 Å². The first-order valence-corrected chi connectivity index (χ1v) is 7.47. The van der Waals surface area contributed by atoms with E-state index >= 15 is 0 Å². The molecule has 0 unspecified atom stereocenters. The third-order valence-electron chi connectivity index (χ3n) is 2.93. The molecule has 0 aliphatic heterocycles. The Bertz CT molecular complexity index is 611. The van der Waals surface area contributed by atoms with Gasteiger partial charge in [0.2, 0.25) is 0 Å². The molecule has 2 rings (SSSR count). The number of benzene rings is 2. The van der Waals surface area contributed by atoms with Gasteiger partial charge in [0.1, 0.15) is 0 Å². The molecular formula is C15H14BrCl2N. The molecule has 2 aromatic rings. The maximum absolute atomic E-state index is 6.21. The van der Waals surface area contributed by atoms with E-state index in [1.807, 2.05) is 38.1 Å². The number of rotatable bonds is 3. The number of aryl methyl sites for hydroxylation is 2. The highest BCUT2D eigenvalue weighted by Gasteiger charge is 2.05. The predicted octanol–water partition coefficient (Wildman–Crippen LogP) is 5.98. The molecule has 0 saturated heterocycles. The third kappa shape index (κ3) is 3.65. The second kappa shape index (κ2) is 6.17. The van der Waals surface area contributed by atoms with E-state index in [0.29, 0.717) is 6.54 Å². The molecule has 0 aliphatic carbocycles. The maximum Gasteiger partial charge on any atom is 0.0502 e. The van der Waals surface area contributed by atoms with Crippen molar-refractivity contribution in [2.45, 2.75) is 20.4 Å². The smallest absolute Gasteiger partial charge is 0.0502 e. The zero-order valence-corrected chi connectivity index (χ0v) is 13.8. The molecule has 0 fully saturated rings. The summed E-state index contributed by atoms with van der Waals surface area (Å²) in [4.78, 5) is 0. The first-order valence-electron chi connectivity index (χ1n) is 5.92. The Morgan fingerprint density at radius 1 is 1.05 bits per heavy atom. The highest BCUT2D eigenvalue weighted by Crippen LogP contribution is 2.30. The highest BCUT2D eigenvalue weighted by atomic mass is 79.9. The normalized spacial score (nSPS) is 10.6. The van der Waals surface area contributed by atoms with Gasteiger partial charge in [-0.15, -0.1) is 0 Å². The van der Waals surface area contributed by atoms with Crippen molar-refractivity contribution in [3.8, 4) is 0 Å². The molecule has 19 heavy (non-hydrogen) atoms. The predicted molar refractivity (Wildman–Crippen MR) is 87.4 cm³/mol. The van der Waals surface area contributed by atoms with Crippen LogP contribution in [0, 0.1) is 13.8 Å². The van der Waals surface area contributed by atoms with Crippen molar-refractivity contribution >= 4 is 44.8 Å². The molecule has 0 saturated carbocycles. The lowest BCUT2D eigenvalue weighted by molar-refractivity contribution is 1.14. The first kappa shape index (κ1) is 14.7. The molecular weight excluding hydrogens is 345 g/mol. The van der Waals surface area contributed by atoms with Crippen molar-refractivity contribution in [1.82, 2.24) is 0 Å². The Balaban J connectivity index is 2.16. The van der Waals surface area contributed by atoms with Gasteiger partial charge in [0.05, 0.1) is 5.69 Å². The van der Waals surface area contributed by atoms with E-state index in [1.165, 1.54) is 0 Å². The molecule has 0 radical (unpaired) electrons. The van der Waals surface area contributed by atoms with Crippen LogP contribution in [-0.2, 0) is 6.54 Å². The van der Waals surface area contributed by atoms with Gasteiger partial charge in [-0.3, -0.25) is 0 Å². The molecule has 0 atom stereocenters. The summed E-state index contributed by atoms with van der Waals surface area (Å²) in [6.45, 7) is 4.67. The maximum atomic E-state index is 6.21. The average molecular weight is 359 g/mol. The van der Waals surface area contributed by atoms with Gasteiger partial charge >= 0.3 is 0 Å². The van der Waals surface area contributed by atoms with Gasteiger partial charge in [-0.2, -0.15) is 0 Å². The summed E-state index contributed by atoms with van der Waals surface area (Å²) >= 11 is 15.9.